The largest absolute Gasteiger partial charge is 0.377 e. The van der Waals surface area contributed by atoms with Gasteiger partial charge in [0.2, 0.25) is 0 Å². The van der Waals surface area contributed by atoms with Gasteiger partial charge in [0.15, 0.2) is 0 Å². The molecule has 100 valence electrons. The van der Waals surface area contributed by atoms with Crippen LogP contribution < -0.4 is 5.32 Å². The SMILES string of the molecule is Cc1cc(C)c(NC(c2cccs2)C2CC2)c(C)c1. The number of hydrogen-bond acceptors (Lipinski definition) is 2. The van der Waals surface area contributed by atoms with Gasteiger partial charge in [-0.1, -0.05) is 23.8 Å². The molecule has 1 unspecified atom stereocenters. The molecule has 1 atom stereocenters. The number of nitrogens with one attached hydrogen (secondary N) is 1. The van der Waals surface area contributed by atoms with Gasteiger partial charge in [0.25, 0.3) is 0 Å². The third kappa shape index (κ3) is 2.69. The van der Waals surface area contributed by atoms with E-state index in [1.54, 1.807) is 0 Å². The van der Waals surface area contributed by atoms with E-state index < -0.39 is 0 Å². The van der Waals surface area contributed by atoms with Crippen molar-refractivity contribution in [2.24, 2.45) is 5.92 Å². The fraction of sp³-hybridized carbons (Fsp3) is 0.412. The van der Waals surface area contributed by atoms with E-state index in [0.29, 0.717) is 6.04 Å². The van der Waals surface area contributed by atoms with Gasteiger partial charge in [-0.25, -0.2) is 0 Å². The highest BCUT2D eigenvalue weighted by Gasteiger charge is 2.33. The van der Waals surface area contributed by atoms with Crippen LogP contribution in [0.3, 0.4) is 0 Å². The van der Waals surface area contributed by atoms with E-state index in [4.69, 9.17) is 0 Å². The molecule has 2 heteroatoms. The summed E-state index contributed by atoms with van der Waals surface area (Å²) in [6.07, 6.45) is 2.72. The van der Waals surface area contributed by atoms with Crippen LogP contribution in [-0.4, -0.2) is 0 Å². The van der Waals surface area contributed by atoms with Gasteiger partial charge in [0.1, 0.15) is 0 Å². The third-order valence-electron chi connectivity index (χ3n) is 3.92. The highest BCUT2D eigenvalue weighted by Crippen LogP contribution is 2.44. The van der Waals surface area contributed by atoms with E-state index in [0.717, 1.165) is 5.92 Å². The second kappa shape index (κ2) is 5.01. The van der Waals surface area contributed by atoms with Crippen molar-refractivity contribution in [3.8, 4) is 0 Å². The predicted molar refractivity (Wildman–Crippen MR) is 84.1 cm³/mol. The van der Waals surface area contributed by atoms with Gasteiger partial charge in [-0.3, -0.25) is 0 Å². The van der Waals surface area contributed by atoms with E-state index >= 15 is 0 Å². The molecule has 0 radical (unpaired) electrons. The van der Waals surface area contributed by atoms with Crippen molar-refractivity contribution < 1.29 is 0 Å². The lowest BCUT2D eigenvalue weighted by Gasteiger charge is -2.22. The molecule has 19 heavy (non-hydrogen) atoms. The first-order valence-electron chi connectivity index (χ1n) is 7.03. The Balaban J connectivity index is 1.91. The van der Waals surface area contributed by atoms with Gasteiger partial charge in [-0.05, 0) is 62.1 Å². The second-order valence-electron chi connectivity index (χ2n) is 5.75. The first-order chi connectivity index (χ1) is 9.15. The van der Waals surface area contributed by atoms with Crippen LogP contribution in [-0.2, 0) is 0 Å². The molecule has 1 heterocycles. The van der Waals surface area contributed by atoms with Gasteiger partial charge in [-0.2, -0.15) is 0 Å². The maximum absolute atomic E-state index is 3.82. The molecule has 1 aliphatic carbocycles. The van der Waals surface area contributed by atoms with Crippen molar-refractivity contribution in [3.63, 3.8) is 0 Å². The molecule has 1 fully saturated rings. The van der Waals surface area contributed by atoms with Crippen LogP contribution in [0.1, 0.15) is 40.5 Å². The summed E-state index contributed by atoms with van der Waals surface area (Å²) in [5.74, 6) is 0.818. The first kappa shape index (κ1) is 12.7. The number of rotatable bonds is 4. The standard InChI is InChI=1S/C17H21NS/c1-11-9-12(2)16(13(3)10-11)18-17(14-6-7-14)15-5-4-8-19-15/h4-5,8-10,14,17-18H,6-7H2,1-3H3. The zero-order valence-electron chi connectivity index (χ0n) is 11.9. The van der Waals surface area contributed by atoms with Crippen molar-refractivity contribution in [1.82, 2.24) is 0 Å². The summed E-state index contributed by atoms with van der Waals surface area (Å²) in [6.45, 7) is 6.59. The maximum Gasteiger partial charge on any atom is 0.0634 e. The van der Waals surface area contributed by atoms with Crippen molar-refractivity contribution in [2.45, 2.75) is 39.7 Å². The van der Waals surface area contributed by atoms with E-state index in [1.165, 1.54) is 40.1 Å². The molecule has 3 rings (SSSR count). The van der Waals surface area contributed by atoms with Crippen LogP contribution in [0.25, 0.3) is 0 Å². The Morgan fingerprint density at radius 3 is 2.37 bits per heavy atom. The monoisotopic (exact) mass is 271 g/mol. The number of aryl methyl sites for hydroxylation is 3. The minimum absolute atomic E-state index is 0.500. The second-order valence-corrected chi connectivity index (χ2v) is 6.73. The topological polar surface area (TPSA) is 12.0 Å². The molecule has 0 amide bonds. The van der Waals surface area contributed by atoms with Crippen LogP contribution >= 0.6 is 11.3 Å². The number of hydrogen-bond donors (Lipinski definition) is 1. The number of thiophene rings is 1. The van der Waals surface area contributed by atoms with Crippen LogP contribution in [0.5, 0.6) is 0 Å². The van der Waals surface area contributed by atoms with Crippen LogP contribution in [0.2, 0.25) is 0 Å². The lowest BCUT2D eigenvalue weighted by Crippen LogP contribution is -2.13. The minimum Gasteiger partial charge on any atom is -0.377 e. The van der Waals surface area contributed by atoms with E-state index in [-0.39, 0.29) is 0 Å². The lowest BCUT2D eigenvalue weighted by atomic mass is 10.0. The Morgan fingerprint density at radius 1 is 1.16 bits per heavy atom. The minimum atomic E-state index is 0.500. The zero-order chi connectivity index (χ0) is 13.4. The van der Waals surface area contributed by atoms with Crippen molar-refractivity contribution in [2.75, 3.05) is 5.32 Å². The highest BCUT2D eigenvalue weighted by atomic mass is 32.1. The molecular formula is C17H21NS. The average molecular weight is 271 g/mol. The van der Waals surface area contributed by atoms with Crippen molar-refractivity contribution in [3.05, 3.63) is 51.2 Å². The van der Waals surface area contributed by atoms with Crippen molar-refractivity contribution in [1.29, 1.82) is 0 Å². The smallest absolute Gasteiger partial charge is 0.0634 e. The molecule has 1 nitrogen and oxygen atoms in total. The predicted octanol–water partition coefficient (Wildman–Crippen LogP) is 5.24. The zero-order valence-corrected chi connectivity index (χ0v) is 12.7. The highest BCUT2D eigenvalue weighted by molar-refractivity contribution is 7.10. The average Bonchev–Trinajstić information content (AvgIpc) is 3.03. The number of anilines is 1. The Kier molecular flexibility index (Phi) is 3.36. The van der Waals surface area contributed by atoms with Gasteiger partial charge in [-0.15, -0.1) is 11.3 Å². The molecule has 1 aliphatic rings. The quantitative estimate of drug-likeness (QED) is 0.802. The van der Waals surface area contributed by atoms with Gasteiger partial charge < -0.3 is 5.32 Å². The fourth-order valence-electron chi connectivity index (χ4n) is 2.88. The molecule has 1 aromatic heterocycles. The molecule has 0 bridgehead atoms. The summed E-state index contributed by atoms with van der Waals surface area (Å²) < 4.78 is 0. The van der Waals surface area contributed by atoms with Crippen LogP contribution in [0, 0.1) is 26.7 Å². The third-order valence-corrected chi connectivity index (χ3v) is 4.88. The molecule has 0 spiro atoms. The summed E-state index contributed by atoms with van der Waals surface area (Å²) in [6, 6.07) is 9.47. The van der Waals surface area contributed by atoms with Crippen LogP contribution in [0.4, 0.5) is 5.69 Å². The summed E-state index contributed by atoms with van der Waals surface area (Å²) in [7, 11) is 0. The van der Waals surface area contributed by atoms with Gasteiger partial charge in [0, 0.05) is 10.6 Å². The Labute approximate surface area is 119 Å². The molecule has 1 N–H and O–H groups in total. The maximum atomic E-state index is 3.82. The Bertz CT molecular complexity index is 544. The molecule has 2 aromatic rings. The summed E-state index contributed by atoms with van der Waals surface area (Å²) in [4.78, 5) is 1.47. The summed E-state index contributed by atoms with van der Waals surface area (Å²) in [5.41, 5.74) is 5.40. The van der Waals surface area contributed by atoms with Gasteiger partial charge in [0.05, 0.1) is 6.04 Å². The van der Waals surface area contributed by atoms with Crippen LogP contribution in [0.15, 0.2) is 29.6 Å². The molecule has 1 saturated carbocycles. The fourth-order valence-corrected chi connectivity index (χ4v) is 3.75. The molecule has 0 aliphatic heterocycles. The van der Waals surface area contributed by atoms with Crippen molar-refractivity contribution >= 4 is 17.0 Å². The van der Waals surface area contributed by atoms with E-state index in [2.05, 4.69) is 55.7 Å². The molecular weight excluding hydrogens is 250 g/mol. The van der Waals surface area contributed by atoms with E-state index in [9.17, 15) is 0 Å². The Hall–Kier alpha value is -1.28. The first-order valence-corrected chi connectivity index (χ1v) is 7.91. The molecule has 0 saturated heterocycles. The Morgan fingerprint density at radius 2 is 1.84 bits per heavy atom. The lowest BCUT2D eigenvalue weighted by molar-refractivity contribution is 0.689. The summed E-state index contributed by atoms with van der Waals surface area (Å²) in [5, 5.41) is 6.00. The van der Waals surface area contributed by atoms with Gasteiger partial charge >= 0.3 is 0 Å². The molecule has 1 aromatic carbocycles. The van der Waals surface area contributed by atoms with E-state index in [1.807, 2.05) is 11.3 Å². The summed E-state index contributed by atoms with van der Waals surface area (Å²) >= 11 is 1.87. The normalized spacial score (nSPS) is 16.4. The number of benzene rings is 1.